The zero-order chi connectivity index (χ0) is 32.2. The van der Waals surface area contributed by atoms with E-state index in [0.29, 0.717) is 25.7 Å². The molecule has 4 aliphatic rings. The van der Waals surface area contributed by atoms with Crippen LogP contribution in [-0.2, 0) is 29.0 Å². The Labute approximate surface area is 251 Å². The Morgan fingerprint density at radius 3 is 2.39 bits per heavy atom. The van der Waals surface area contributed by atoms with Crippen LogP contribution in [-0.4, -0.2) is 80.2 Å². The molecule has 1 unspecified atom stereocenters. The quantitative estimate of drug-likeness (QED) is 0.366. The Kier molecular flexibility index (Phi) is 7.84. The number of amides is 4. The summed E-state index contributed by atoms with van der Waals surface area (Å²) < 4.78 is 71.0. The fraction of sp³-hybridized carbons (Fsp3) is 0.607. The van der Waals surface area contributed by atoms with Gasteiger partial charge in [0, 0.05) is 25.8 Å². The number of carbonyl (C=O) groups is 4. The van der Waals surface area contributed by atoms with E-state index in [1.165, 1.54) is 25.2 Å². The Balaban J connectivity index is 1.53. The van der Waals surface area contributed by atoms with Gasteiger partial charge in [0.05, 0.1) is 29.1 Å². The fourth-order valence-electron chi connectivity index (χ4n) is 6.13. The third-order valence-electron chi connectivity index (χ3n) is 8.80. The molecule has 2 aliphatic heterocycles. The van der Waals surface area contributed by atoms with Crippen molar-refractivity contribution < 1.29 is 45.5 Å². The van der Waals surface area contributed by atoms with Crippen LogP contribution in [0.15, 0.2) is 23.1 Å². The van der Waals surface area contributed by atoms with Crippen molar-refractivity contribution in [3.8, 4) is 11.8 Å². The average Bonchev–Trinajstić information content (AvgIpc) is 3.89. The smallest absolute Gasteiger partial charge is 0.471 e. The number of fused-ring (bicyclic) bond motifs is 1. The number of nitriles is 1. The second kappa shape index (κ2) is 10.9. The molecule has 3 fully saturated rings. The first-order valence-electron chi connectivity index (χ1n) is 14.2. The van der Waals surface area contributed by atoms with E-state index >= 15 is 0 Å². The molecule has 2 heterocycles. The van der Waals surface area contributed by atoms with E-state index in [1.807, 2.05) is 11.4 Å². The topological polar surface area (TPSA) is 175 Å². The van der Waals surface area contributed by atoms with Crippen molar-refractivity contribution in [3.05, 3.63) is 18.2 Å². The van der Waals surface area contributed by atoms with Gasteiger partial charge in [0.25, 0.3) is 5.91 Å². The number of anilines is 1. The van der Waals surface area contributed by atoms with Crippen LogP contribution in [0.2, 0.25) is 0 Å². The highest BCUT2D eigenvalue weighted by Crippen LogP contribution is 2.47. The number of likely N-dealkylation sites (tertiary alicyclic amines) is 1. The van der Waals surface area contributed by atoms with Gasteiger partial charge < -0.3 is 25.6 Å². The molecule has 1 aromatic rings. The maximum Gasteiger partial charge on any atom is 0.471 e. The predicted octanol–water partition coefficient (Wildman–Crippen LogP) is 1.66. The summed E-state index contributed by atoms with van der Waals surface area (Å²) in [6.45, 7) is -0.500. The Hall–Kier alpha value is -3.87. The summed E-state index contributed by atoms with van der Waals surface area (Å²) in [5, 5.41) is 16.9. The van der Waals surface area contributed by atoms with E-state index in [4.69, 9.17) is 4.74 Å². The summed E-state index contributed by atoms with van der Waals surface area (Å²) in [7, 11) is -2.45. The monoisotopic (exact) mass is 639 g/mol. The number of benzene rings is 1. The summed E-state index contributed by atoms with van der Waals surface area (Å²) >= 11 is 0. The van der Waals surface area contributed by atoms with Crippen molar-refractivity contribution >= 4 is 39.2 Å². The van der Waals surface area contributed by atoms with Gasteiger partial charge in [0.2, 0.25) is 17.4 Å². The number of nitrogens with zero attached hydrogens (tertiary/aromatic N) is 2. The molecular weight excluding hydrogens is 607 g/mol. The molecule has 1 spiro atoms. The van der Waals surface area contributed by atoms with Gasteiger partial charge in [0.15, 0.2) is 9.84 Å². The first-order chi connectivity index (χ1) is 20.5. The number of halogens is 3. The number of ether oxygens (including phenoxy) is 1. The molecule has 3 N–H and O–H groups in total. The summed E-state index contributed by atoms with van der Waals surface area (Å²) in [5.74, 6) is -6.67. The number of sulfone groups is 1. The van der Waals surface area contributed by atoms with Gasteiger partial charge in [-0.1, -0.05) is 25.7 Å². The van der Waals surface area contributed by atoms with E-state index in [9.17, 15) is 46.0 Å². The molecular formula is C28H32F3N5O7S. The van der Waals surface area contributed by atoms with Gasteiger partial charge in [0.1, 0.15) is 17.3 Å². The number of hydrogen-bond donors (Lipinski definition) is 3. The van der Waals surface area contributed by atoms with Gasteiger partial charge in [-0.15, -0.1) is 0 Å². The molecule has 1 aromatic carbocycles. The van der Waals surface area contributed by atoms with Crippen LogP contribution in [0.4, 0.5) is 18.9 Å². The SMILES string of the molecule is CNC(=O)C(CC1CC1)(NC(=O)C(F)(F)F)[C@H](CC1CC1)C(=O)N1C[C@@]2(C[C@H]1C#N)Oc1cc(S(C)(=O)=O)ccc1NC2=O. The summed E-state index contributed by atoms with van der Waals surface area (Å²) in [4.78, 5) is 54.6. The van der Waals surface area contributed by atoms with Gasteiger partial charge >= 0.3 is 12.1 Å². The van der Waals surface area contributed by atoms with Crippen LogP contribution in [0.25, 0.3) is 0 Å². The van der Waals surface area contributed by atoms with E-state index < -0.39 is 69.3 Å². The first-order valence-corrected chi connectivity index (χ1v) is 16.1. The standard InChI is InChI=1S/C28H32F3N5O7S/c1-33-24(39)27(11-16-5-6-16,35-25(40)28(29,30)31)19(9-15-3-4-15)22(37)36-14-26(12-17(36)13-32)23(38)34-20-8-7-18(44(2,41)42)10-21(20)43-26/h7-8,10,15-17,19H,3-6,9,11-12,14H2,1-2H3,(H,33,39)(H,34,38)(H,35,40)/t17-,19+,26+,27?/m0/s1. The molecule has 4 atom stereocenters. The molecule has 12 nitrogen and oxygen atoms in total. The minimum Gasteiger partial charge on any atom is -0.473 e. The third kappa shape index (κ3) is 5.93. The maximum absolute atomic E-state index is 14.4. The Bertz CT molecular complexity index is 1550. The second-order valence-corrected chi connectivity index (χ2v) is 14.2. The average molecular weight is 640 g/mol. The third-order valence-corrected chi connectivity index (χ3v) is 9.91. The molecule has 16 heteroatoms. The number of nitrogens with one attached hydrogen (secondary N) is 3. The van der Waals surface area contributed by atoms with Gasteiger partial charge in [-0.25, -0.2) is 8.42 Å². The normalized spacial score (nSPS) is 25.1. The van der Waals surface area contributed by atoms with Crippen LogP contribution < -0.4 is 20.7 Å². The van der Waals surface area contributed by atoms with Crippen molar-refractivity contribution in [2.24, 2.45) is 17.8 Å². The van der Waals surface area contributed by atoms with Crippen LogP contribution in [0.1, 0.15) is 44.9 Å². The molecule has 0 radical (unpaired) electrons. The van der Waals surface area contributed by atoms with Crippen LogP contribution in [0.3, 0.4) is 0 Å². The summed E-state index contributed by atoms with van der Waals surface area (Å²) in [6.07, 6.45) is -2.38. The van der Waals surface area contributed by atoms with Crippen molar-refractivity contribution in [1.29, 1.82) is 5.26 Å². The fourth-order valence-corrected chi connectivity index (χ4v) is 6.77. The first kappa shape index (κ1) is 31.6. The molecule has 0 aromatic heterocycles. The summed E-state index contributed by atoms with van der Waals surface area (Å²) in [5.41, 5.74) is -3.93. The highest BCUT2D eigenvalue weighted by atomic mass is 32.2. The highest BCUT2D eigenvalue weighted by molar-refractivity contribution is 7.90. The Morgan fingerprint density at radius 2 is 1.84 bits per heavy atom. The van der Waals surface area contributed by atoms with Gasteiger partial charge in [-0.3, -0.25) is 19.2 Å². The number of carbonyl (C=O) groups excluding carboxylic acids is 4. The molecule has 2 saturated carbocycles. The van der Waals surface area contributed by atoms with E-state index in [1.54, 1.807) is 0 Å². The van der Waals surface area contributed by atoms with Crippen molar-refractivity contribution in [2.75, 3.05) is 25.2 Å². The number of rotatable bonds is 9. The predicted molar refractivity (Wildman–Crippen MR) is 146 cm³/mol. The van der Waals surface area contributed by atoms with Crippen molar-refractivity contribution in [3.63, 3.8) is 0 Å². The lowest BCUT2D eigenvalue weighted by atomic mass is 9.74. The lowest BCUT2D eigenvalue weighted by molar-refractivity contribution is -0.178. The van der Waals surface area contributed by atoms with Gasteiger partial charge in [-0.05, 0) is 36.8 Å². The van der Waals surface area contributed by atoms with Crippen LogP contribution in [0.5, 0.6) is 5.75 Å². The number of likely N-dealkylation sites (N-methyl/N-ethyl adjacent to an activating group) is 1. The van der Waals surface area contributed by atoms with Crippen LogP contribution >= 0.6 is 0 Å². The number of alkyl halides is 3. The maximum atomic E-state index is 14.4. The molecule has 44 heavy (non-hydrogen) atoms. The van der Waals surface area contributed by atoms with Crippen LogP contribution in [0, 0.1) is 29.1 Å². The molecule has 0 bridgehead atoms. The van der Waals surface area contributed by atoms with Crippen molar-refractivity contribution in [1.82, 2.24) is 15.5 Å². The Morgan fingerprint density at radius 1 is 1.18 bits per heavy atom. The van der Waals surface area contributed by atoms with E-state index in [0.717, 1.165) is 11.2 Å². The summed E-state index contributed by atoms with van der Waals surface area (Å²) in [6, 6.07) is 4.53. The molecule has 238 valence electrons. The largest absolute Gasteiger partial charge is 0.473 e. The lowest BCUT2D eigenvalue weighted by Gasteiger charge is -2.41. The van der Waals surface area contributed by atoms with Crippen molar-refractivity contribution in [2.45, 2.75) is 73.2 Å². The second-order valence-electron chi connectivity index (χ2n) is 12.2. The van der Waals surface area contributed by atoms with Gasteiger partial charge in [-0.2, -0.15) is 18.4 Å². The molecule has 4 amide bonds. The minimum absolute atomic E-state index is 0.000995. The zero-order valence-corrected chi connectivity index (χ0v) is 24.8. The molecule has 5 rings (SSSR count). The minimum atomic E-state index is -5.34. The molecule has 1 saturated heterocycles. The molecule has 2 aliphatic carbocycles. The highest BCUT2D eigenvalue weighted by Gasteiger charge is 2.61. The van der Waals surface area contributed by atoms with E-state index in [-0.39, 0.29) is 47.4 Å². The zero-order valence-electron chi connectivity index (χ0n) is 24.0. The lowest BCUT2D eigenvalue weighted by Crippen LogP contribution is -2.67. The van der Waals surface area contributed by atoms with E-state index in [2.05, 4.69) is 10.6 Å². The number of hydrogen-bond acceptors (Lipinski definition) is 8.